The van der Waals surface area contributed by atoms with Gasteiger partial charge in [-0.2, -0.15) is 0 Å². The minimum absolute atomic E-state index is 0.0399. The van der Waals surface area contributed by atoms with Crippen LogP contribution in [0.2, 0.25) is 10.0 Å². The van der Waals surface area contributed by atoms with Crippen LogP contribution in [0.3, 0.4) is 0 Å². The number of benzene rings is 1. The van der Waals surface area contributed by atoms with Crippen LogP contribution in [-0.2, 0) is 0 Å². The highest BCUT2D eigenvalue weighted by Gasteiger charge is 2.09. The lowest BCUT2D eigenvalue weighted by Crippen LogP contribution is -1.92. The maximum Gasteiger partial charge on any atom is 0.255 e. The summed E-state index contributed by atoms with van der Waals surface area (Å²) in [5.41, 5.74) is 0. The van der Waals surface area contributed by atoms with Gasteiger partial charge in [-0.25, -0.2) is 13.8 Å². The molecule has 0 bridgehead atoms. The quantitative estimate of drug-likeness (QED) is 0.807. The number of hydrogen-bond donors (Lipinski definition) is 0. The van der Waals surface area contributed by atoms with E-state index in [0.717, 1.165) is 12.1 Å². The third kappa shape index (κ3) is 2.84. The highest BCUT2D eigenvalue weighted by Crippen LogP contribution is 2.26. The fraction of sp³-hybridized carbons (Fsp3) is 0. The Bertz CT molecular complexity index is 563. The molecule has 0 aliphatic heterocycles. The van der Waals surface area contributed by atoms with Crippen LogP contribution in [0.15, 0.2) is 30.5 Å². The third-order valence-electron chi connectivity index (χ3n) is 1.88. The van der Waals surface area contributed by atoms with E-state index in [1.54, 1.807) is 0 Å². The Morgan fingerprint density at radius 2 is 1.82 bits per heavy atom. The van der Waals surface area contributed by atoms with E-state index in [9.17, 15) is 8.78 Å². The fourth-order valence-corrected chi connectivity index (χ4v) is 1.39. The van der Waals surface area contributed by atoms with Crippen LogP contribution in [0.25, 0.3) is 0 Å². The summed E-state index contributed by atoms with van der Waals surface area (Å²) in [6.07, 6.45) is 1.23. The van der Waals surface area contributed by atoms with Gasteiger partial charge in [0.05, 0.1) is 10.0 Å². The lowest BCUT2D eigenvalue weighted by atomic mass is 10.3. The number of pyridine rings is 1. The predicted molar refractivity (Wildman–Crippen MR) is 60.7 cm³/mol. The Labute approximate surface area is 106 Å². The summed E-state index contributed by atoms with van der Waals surface area (Å²) >= 11 is 11.0. The number of nitrogens with zero attached hydrogens (tertiary/aromatic N) is 1. The van der Waals surface area contributed by atoms with Gasteiger partial charge >= 0.3 is 0 Å². The van der Waals surface area contributed by atoms with Gasteiger partial charge in [-0.1, -0.05) is 23.2 Å². The molecule has 6 heteroatoms. The molecule has 0 radical (unpaired) electrons. The van der Waals surface area contributed by atoms with Gasteiger partial charge in [0, 0.05) is 12.3 Å². The summed E-state index contributed by atoms with van der Waals surface area (Å²) in [6, 6.07) is 4.80. The number of halogens is 4. The molecule has 0 aliphatic rings. The van der Waals surface area contributed by atoms with Crippen molar-refractivity contribution in [3.05, 3.63) is 52.1 Å². The Morgan fingerprint density at radius 3 is 2.47 bits per heavy atom. The van der Waals surface area contributed by atoms with Crippen molar-refractivity contribution in [2.45, 2.75) is 0 Å². The van der Waals surface area contributed by atoms with Gasteiger partial charge in [0.2, 0.25) is 0 Å². The molecule has 17 heavy (non-hydrogen) atoms. The molecule has 0 fully saturated rings. The molecule has 1 aromatic carbocycles. The van der Waals surface area contributed by atoms with Crippen molar-refractivity contribution in [2.75, 3.05) is 0 Å². The van der Waals surface area contributed by atoms with Gasteiger partial charge in [-0.05, 0) is 18.2 Å². The molecule has 0 saturated carbocycles. The molecule has 88 valence electrons. The molecule has 0 amide bonds. The standard InChI is InChI=1S/C11H5Cl2F2NO/c12-6-3-10(15)11(16-5-6)17-7-1-2-8(13)9(14)4-7/h1-5H. The van der Waals surface area contributed by atoms with Crippen molar-refractivity contribution in [3.63, 3.8) is 0 Å². The third-order valence-corrected chi connectivity index (χ3v) is 2.39. The summed E-state index contributed by atoms with van der Waals surface area (Å²) in [4.78, 5) is 3.64. The smallest absolute Gasteiger partial charge is 0.255 e. The average molecular weight is 276 g/mol. The zero-order chi connectivity index (χ0) is 12.4. The molecule has 2 aromatic rings. The normalized spacial score (nSPS) is 10.4. The van der Waals surface area contributed by atoms with E-state index in [1.807, 2.05) is 0 Å². The summed E-state index contributed by atoms with van der Waals surface area (Å²) in [5, 5.41) is 0.110. The van der Waals surface area contributed by atoms with E-state index in [0.29, 0.717) is 0 Å². The van der Waals surface area contributed by atoms with Gasteiger partial charge in [-0.3, -0.25) is 0 Å². The van der Waals surface area contributed by atoms with Crippen LogP contribution in [0.1, 0.15) is 0 Å². The van der Waals surface area contributed by atoms with E-state index in [4.69, 9.17) is 27.9 Å². The molecule has 0 spiro atoms. The minimum atomic E-state index is -0.729. The first-order valence-electron chi connectivity index (χ1n) is 4.50. The van der Waals surface area contributed by atoms with Gasteiger partial charge in [-0.15, -0.1) is 0 Å². The Kier molecular flexibility index (Phi) is 3.45. The number of aromatic nitrogens is 1. The van der Waals surface area contributed by atoms with Crippen LogP contribution < -0.4 is 4.74 Å². The zero-order valence-electron chi connectivity index (χ0n) is 8.25. The van der Waals surface area contributed by atoms with E-state index >= 15 is 0 Å². The molecule has 0 atom stereocenters. The topological polar surface area (TPSA) is 22.1 Å². The van der Waals surface area contributed by atoms with Crippen molar-refractivity contribution in [1.29, 1.82) is 0 Å². The van der Waals surface area contributed by atoms with E-state index < -0.39 is 11.6 Å². The average Bonchev–Trinajstić information content (AvgIpc) is 2.27. The first-order chi connectivity index (χ1) is 8.06. The van der Waals surface area contributed by atoms with E-state index in [-0.39, 0.29) is 21.7 Å². The van der Waals surface area contributed by atoms with Crippen LogP contribution >= 0.6 is 23.2 Å². The SMILES string of the molecule is Fc1cc(Oc2ncc(Cl)cc2F)ccc1Cl. The maximum absolute atomic E-state index is 13.3. The molecule has 0 aliphatic carbocycles. The van der Waals surface area contributed by atoms with Gasteiger partial charge in [0.1, 0.15) is 11.6 Å². The number of rotatable bonds is 2. The van der Waals surface area contributed by atoms with Crippen LogP contribution in [-0.4, -0.2) is 4.98 Å². The highest BCUT2D eigenvalue weighted by molar-refractivity contribution is 6.30. The van der Waals surface area contributed by atoms with Crippen LogP contribution in [0.4, 0.5) is 8.78 Å². The molecule has 2 rings (SSSR count). The molecule has 0 saturated heterocycles. The minimum Gasteiger partial charge on any atom is -0.436 e. The van der Waals surface area contributed by atoms with Crippen molar-refractivity contribution in [2.24, 2.45) is 0 Å². The Hall–Kier alpha value is -1.39. The predicted octanol–water partition coefficient (Wildman–Crippen LogP) is 4.46. The van der Waals surface area contributed by atoms with Gasteiger partial charge < -0.3 is 4.74 Å². The second-order valence-corrected chi connectivity index (χ2v) is 3.96. The van der Waals surface area contributed by atoms with Gasteiger partial charge in [0.25, 0.3) is 5.88 Å². The largest absolute Gasteiger partial charge is 0.436 e. The molecular formula is C11H5Cl2F2NO. The summed E-state index contributed by atoms with van der Waals surface area (Å²) in [6.45, 7) is 0. The fourth-order valence-electron chi connectivity index (χ4n) is 1.13. The Balaban J connectivity index is 2.28. The molecule has 2 nitrogen and oxygen atoms in total. The van der Waals surface area contributed by atoms with E-state index in [1.165, 1.54) is 18.3 Å². The van der Waals surface area contributed by atoms with E-state index in [2.05, 4.69) is 4.98 Å². The molecule has 1 heterocycles. The zero-order valence-corrected chi connectivity index (χ0v) is 9.77. The Morgan fingerprint density at radius 1 is 1.06 bits per heavy atom. The molecular weight excluding hydrogens is 271 g/mol. The van der Waals surface area contributed by atoms with Crippen LogP contribution in [0.5, 0.6) is 11.6 Å². The monoisotopic (exact) mass is 275 g/mol. The molecule has 0 unspecified atom stereocenters. The summed E-state index contributed by atoms with van der Waals surface area (Å²) in [7, 11) is 0. The van der Waals surface area contributed by atoms with Gasteiger partial charge in [0.15, 0.2) is 5.82 Å². The number of hydrogen-bond acceptors (Lipinski definition) is 2. The lowest BCUT2D eigenvalue weighted by molar-refractivity contribution is 0.420. The van der Waals surface area contributed by atoms with Crippen molar-refractivity contribution >= 4 is 23.2 Å². The van der Waals surface area contributed by atoms with Crippen molar-refractivity contribution in [1.82, 2.24) is 4.98 Å². The maximum atomic E-state index is 13.3. The summed E-state index contributed by atoms with van der Waals surface area (Å²) < 4.78 is 31.5. The summed E-state index contributed by atoms with van der Waals surface area (Å²) in [5.74, 6) is -1.57. The first kappa shape index (κ1) is 12.1. The lowest BCUT2D eigenvalue weighted by Gasteiger charge is -2.06. The molecule has 1 aromatic heterocycles. The second-order valence-electron chi connectivity index (χ2n) is 3.12. The second kappa shape index (κ2) is 4.85. The molecule has 0 N–H and O–H groups in total. The van der Waals surface area contributed by atoms with Crippen molar-refractivity contribution < 1.29 is 13.5 Å². The first-order valence-corrected chi connectivity index (χ1v) is 5.26. The highest BCUT2D eigenvalue weighted by atomic mass is 35.5. The van der Waals surface area contributed by atoms with Crippen LogP contribution in [0, 0.1) is 11.6 Å². The number of ether oxygens (including phenoxy) is 1. The van der Waals surface area contributed by atoms with Crippen molar-refractivity contribution in [3.8, 4) is 11.6 Å².